The van der Waals surface area contributed by atoms with Crippen LogP contribution in [0.4, 0.5) is 5.82 Å². The van der Waals surface area contributed by atoms with Crippen LogP contribution in [0, 0.1) is 6.92 Å². The maximum absolute atomic E-state index is 12.0. The van der Waals surface area contributed by atoms with E-state index >= 15 is 0 Å². The Balaban J connectivity index is 2.07. The van der Waals surface area contributed by atoms with Gasteiger partial charge in [0.25, 0.3) is 5.91 Å². The number of furan rings is 1. The van der Waals surface area contributed by atoms with Gasteiger partial charge in [-0.15, -0.1) is 0 Å². The molecule has 0 aliphatic rings. The van der Waals surface area contributed by atoms with Crippen LogP contribution in [-0.2, 0) is 17.8 Å². The van der Waals surface area contributed by atoms with Crippen LogP contribution in [0.15, 0.2) is 22.7 Å². The van der Waals surface area contributed by atoms with E-state index in [0.29, 0.717) is 6.42 Å². The molecule has 0 saturated heterocycles. The summed E-state index contributed by atoms with van der Waals surface area (Å²) < 4.78 is 6.65. The summed E-state index contributed by atoms with van der Waals surface area (Å²) in [6.07, 6.45) is 2.20. The van der Waals surface area contributed by atoms with E-state index in [1.165, 1.54) is 16.9 Å². The van der Waals surface area contributed by atoms with Gasteiger partial charge >= 0.3 is 5.97 Å². The number of amides is 1. The molecular weight excluding hydrogens is 262 g/mol. The van der Waals surface area contributed by atoms with Gasteiger partial charge in [0.15, 0.2) is 11.6 Å². The fraction of sp³-hybridized carbons (Fsp3) is 0.308. The Bertz CT molecular complexity index is 642. The Hall–Kier alpha value is -2.57. The Morgan fingerprint density at radius 1 is 1.50 bits per heavy atom. The smallest absolute Gasteiger partial charge is 0.325 e. The van der Waals surface area contributed by atoms with Crippen molar-refractivity contribution in [3.8, 4) is 0 Å². The van der Waals surface area contributed by atoms with Crippen molar-refractivity contribution in [1.29, 1.82) is 0 Å². The predicted octanol–water partition coefficient (Wildman–Crippen LogP) is 1.68. The molecule has 0 aliphatic heterocycles. The summed E-state index contributed by atoms with van der Waals surface area (Å²) in [5.74, 6) is -0.143. The first-order valence-corrected chi connectivity index (χ1v) is 6.15. The number of nitrogens with one attached hydrogen (secondary N) is 1. The van der Waals surface area contributed by atoms with Crippen LogP contribution in [0.2, 0.25) is 0 Å². The second kappa shape index (κ2) is 5.60. The lowest BCUT2D eigenvalue weighted by Crippen LogP contribution is -2.13. The van der Waals surface area contributed by atoms with Gasteiger partial charge in [0.1, 0.15) is 12.3 Å². The molecule has 0 atom stereocenters. The van der Waals surface area contributed by atoms with Crippen molar-refractivity contribution < 1.29 is 19.1 Å². The summed E-state index contributed by atoms with van der Waals surface area (Å²) in [6.45, 7) is 3.57. The van der Waals surface area contributed by atoms with E-state index in [2.05, 4.69) is 10.4 Å². The van der Waals surface area contributed by atoms with Crippen molar-refractivity contribution in [2.75, 3.05) is 5.32 Å². The minimum Gasteiger partial charge on any atom is -0.480 e. The van der Waals surface area contributed by atoms with Crippen molar-refractivity contribution >= 4 is 17.7 Å². The summed E-state index contributed by atoms with van der Waals surface area (Å²) in [4.78, 5) is 22.5. The zero-order valence-corrected chi connectivity index (χ0v) is 11.2. The largest absolute Gasteiger partial charge is 0.480 e. The zero-order valence-electron chi connectivity index (χ0n) is 11.2. The molecule has 7 nitrogen and oxygen atoms in total. The van der Waals surface area contributed by atoms with Gasteiger partial charge in [-0.05, 0) is 18.6 Å². The molecule has 0 aliphatic carbocycles. The SMILES string of the molecule is CCc1oc(C(=O)Nc2ccn(CC(=O)O)n2)cc1C. The molecule has 0 aromatic carbocycles. The minimum atomic E-state index is -1.000. The highest BCUT2D eigenvalue weighted by Gasteiger charge is 2.15. The van der Waals surface area contributed by atoms with Gasteiger partial charge in [-0.2, -0.15) is 5.10 Å². The lowest BCUT2D eigenvalue weighted by atomic mass is 10.2. The van der Waals surface area contributed by atoms with Gasteiger partial charge in [0.2, 0.25) is 0 Å². The average Bonchev–Trinajstić information content (AvgIpc) is 2.95. The number of hydrogen-bond acceptors (Lipinski definition) is 4. The quantitative estimate of drug-likeness (QED) is 0.866. The molecule has 2 heterocycles. The molecule has 0 radical (unpaired) electrons. The number of rotatable bonds is 5. The number of nitrogens with zero attached hydrogens (tertiary/aromatic N) is 2. The Kier molecular flexibility index (Phi) is 3.88. The van der Waals surface area contributed by atoms with E-state index in [4.69, 9.17) is 9.52 Å². The van der Waals surface area contributed by atoms with Crippen molar-refractivity contribution in [2.45, 2.75) is 26.8 Å². The molecule has 1 amide bonds. The Morgan fingerprint density at radius 3 is 2.85 bits per heavy atom. The second-order valence-electron chi connectivity index (χ2n) is 4.32. The number of aliphatic carboxylic acids is 1. The molecule has 2 N–H and O–H groups in total. The molecule has 2 aromatic heterocycles. The molecular formula is C13H15N3O4. The van der Waals surface area contributed by atoms with Crippen LogP contribution >= 0.6 is 0 Å². The lowest BCUT2D eigenvalue weighted by Gasteiger charge is -1.99. The van der Waals surface area contributed by atoms with E-state index in [-0.39, 0.29) is 18.1 Å². The van der Waals surface area contributed by atoms with Gasteiger partial charge in [0, 0.05) is 18.7 Å². The summed E-state index contributed by atoms with van der Waals surface area (Å²) >= 11 is 0. The van der Waals surface area contributed by atoms with Gasteiger partial charge < -0.3 is 14.8 Å². The summed E-state index contributed by atoms with van der Waals surface area (Å²) in [5, 5.41) is 15.1. The number of anilines is 1. The van der Waals surface area contributed by atoms with Crippen molar-refractivity contribution in [2.24, 2.45) is 0 Å². The molecule has 0 fully saturated rings. The van der Waals surface area contributed by atoms with Crippen LogP contribution < -0.4 is 5.32 Å². The Morgan fingerprint density at radius 2 is 2.25 bits per heavy atom. The standard InChI is InChI=1S/C13H15N3O4/c1-3-9-8(2)6-10(20-9)13(19)14-11-4-5-16(15-11)7-12(17)18/h4-6H,3,7H2,1-2H3,(H,17,18)(H,14,15,19). The zero-order chi connectivity index (χ0) is 14.7. The molecule has 106 valence electrons. The van der Waals surface area contributed by atoms with E-state index < -0.39 is 11.9 Å². The maximum atomic E-state index is 12.0. The summed E-state index contributed by atoms with van der Waals surface area (Å²) in [7, 11) is 0. The molecule has 2 rings (SSSR count). The van der Waals surface area contributed by atoms with Gasteiger partial charge in [-0.1, -0.05) is 6.92 Å². The third-order valence-electron chi connectivity index (χ3n) is 2.75. The summed E-state index contributed by atoms with van der Waals surface area (Å²) in [5.41, 5.74) is 0.925. The molecule has 0 saturated carbocycles. The van der Waals surface area contributed by atoms with Crippen LogP contribution in [0.1, 0.15) is 28.8 Å². The maximum Gasteiger partial charge on any atom is 0.325 e. The van der Waals surface area contributed by atoms with Gasteiger partial charge in [-0.3, -0.25) is 14.3 Å². The number of aryl methyl sites for hydroxylation is 2. The predicted molar refractivity (Wildman–Crippen MR) is 70.6 cm³/mol. The molecule has 20 heavy (non-hydrogen) atoms. The first-order valence-electron chi connectivity index (χ1n) is 6.15. The second-order valence-corrected chi connectivity index (χ2v) is 4.32. The lowest BCUT2D eigenvalue weighted by molar-refractivity contribution is -0.137. The van der Waals surface area contributed by atoms with Crippen LogP contribution in [0.5, 0.6) is 0 Å². The monoisotopic (exact) mass is 277 g/mol. The number of carbonyl (C=O) groups excluding carboxylic acids is 1. The van der Waals surface area contributed by atoms with Crippen molar-refractivity contribution in [3.05, 3.63) is 35.4 Å². The first-order chi connectivity index (χ1) is 9.49. The minimum absolute atomic E-state index is 0.215. The fourth-order valence-electron chi connectivity index (χ4n) is 1.82. The number of aromatic nitrogens is 2. The molecule has 0 bridgehead atoms. The number of carboxylic acid groups (broad SMARTS) is 1. The van der Waals surface area contributed by atoms with Crippen molar-refractivity contribution in [1.82, 2.24) is 9.78 Å². The van der Waals surface area contributed by atoms with Crippen molar-refractivity contribution in [3.63, 3.8) is 0 Å². The van der Waals surface area contributed by atoms with Gasteiger partial charge in [0.05, 0.1) is 0 Å². The highest BCUT2D eigenvalue weighted by Crippen LogP contribution is 2.16. The highest BCUT2D eigenvalue weighted by atomic mass is 16.4. The first kappa shape index (κ1) is 13.9. The normalized spacial score (nSPS) is 10.5. The van der Waals surface area contributed by atoms with Crippen LogP contribution in [0.25, 0.3) is 0 Å². The van der Waals surface area contributed by atoms with E-state index in [9.17, 15) is 9.59 Å². The molecule has 0 unspecified atom stereocenters. The third kappa shape index (κ3) is 3.05. The number of carboxylic acids is 1. The third-order valence-corrected chi connectivity index (χ3v) is 2.75. The Labute approximate surface area is 115 Å². The molecule has 0 spiro atoms. The van der Waals surface area contributed by atoms with E-state index in [1.54, 1.807) is 6.07 Å². The number of carbonyl (C=O) groups is 2. The van der Waals surface area contributed by atoms with Crippen LogP contribution in [0.3, 0.4) is 0 Å². The fourth-order valence-corrected chi connectivity index (χ4v) is 1.82. The van der Waals surface area contributed by atoms with E-state index in [0.717, 1.165) is 11.3 Å². The molecule has 7 heteroatoms. The average molecular weight is 277 g/mol. The topological polar surface area (TPSA) is 97.4 Å². The highest BCUT2D eigenvalue weighted by molar-refractivity contribution is 6.01. The van der Waals surface area contributed by atoms with E-state index in [1.807, 2.05) is 13.8 Å². The summed E-state index contributed by atoms with van der Waals surface area (Å²) in [6, 6.07) is 3.19. The van der Waals surface area contributed by atoms with Crippen LogP contribution in [-0.4, -0.2) is 26.8 Å². The molecule has 2 aromatic rings. The number of hydrogen-bond donors (Lipinski definition) is 2. The van der Waals surface area contributed by atoms with Gasteiger partial charge in [-0.25, -0.2) is 0 Å².